The van der Waals surface area contributed by atoms with Crippen LogP contribution >= 0.6 is 11.6 Å². The Morgan fingerprint density at radius 1 is 1.21 bits per heavy atom. The number of rotatable bonds is 3. The number of alkyl halides is 1. The molecule has 0 aromatic heterocycles. The van der Waals surface area contributed by atoms with Crippen LogP contribution in [0.25, 0.3) is 0 Å². The molecule has 0 radical (unpaired) electrons. The summed E-state index contributed by atoms with van der Waals surface area (Å²) in [5.41, 5.74) is 5.08. The Kier molecular flexibility index (Phi) is 3.97. The first-order chi connectivity index (χ1) is 6.56. The van der Waals surface area contributed by atoms with Gasteiger partial charge in [0.05, 0.1) is 6.10 Å². The quantitative estimate of drug-likeness (QED) is 0.764. The Bertz CT molecular complexity index is 320. The molecule has 0 aliphatic heterocycles. The topological polar surface area (TPSA) is 20.2 Å². The van der Waals surface area contributed by atoms with E-state index in [9.17, 15) is 5.11 Å². The number of hydrogen-bond acceptors (Lipinski definition) is 1. The summed E-state index contributed by atoms with van der Waals surface area (Å²) in [7, 11) is 0. The maximum atomic E-state index is 9.46. The van der Waals surface area contributed by atoms with Gasteiger partial charge in [-0.15, -0.1) is 11.6 Å². The van der Waals surface area contributed by atoms with E-state index in [1.807, 2.05) is 0 Å². The van der Waals surface area contributed by atoms with Gasteiger partial charge in [-0.25, -0.2) is 0 Å². The van der Waals surface area contributed by atoms with E-state index in [-0.39, 0.29) is 0 Å². The van der Waals surface area contributed by atoms with E-state index in [0.717, 1.165) is 0 Å². The molecule has 0 saturated heterocycles. The van der Waals surface area contributed by atoms with Gasteiger partial charge in [0.2, 0.25) is 0 Å². The predicted molar refractivity (Wildman–Crippen MR) is 61.1 cm³/mol. The number of benzene rings is 1. The molecule has 0 aliphatic rings. The Balaban J connectivity index is 2.94. The third-order valence-electron chi connectivity index (χ3n) is 2.80. The van der Waals surface area contributed by atoms with Gasteiger partial charge in [-0.1, -0.05) is 12.1 Å². The van der Waals surface area contributed by atoms with Crippen molar-refractivity contribution in [1.29, 1.82) is 0 Å². The van der Waals surface area contributed by atoms with Crippen LogP contribution in [0.2, 0.25) is 0 Å². The lowest BCUT2D eigenvalue weighted by molar-refractivity contribution is 0.198. The maximum absolute atomic E-state index is 9.46. The molecule has 0 saturated carbocycles. The molecule has 1 atom stereocenters. The van der Waals surface area contributed by atoms with Crippen LogP contribution in [0, 0.1) is 20.8 Å². The lowest BCUT2D eigenvalue weighted by Gasteiger charge is -2.13. The Morgan fingerprint density at radius 3 is 2.43 bits per heavy atom. The molecule has 1 aromatic rings. The third kappa shape index (κ3) is 2.49. The number of aryl methyl sites for hydroxylation is 1. The highest BCUT2D eigenvalue weighted by molar-refractivity contribution is 6.18. The van der Waals surface area contributed by atoms with Crippen LogP contribution in [0.1, 0.15) is 22.3 Å². The molecule has 1 rings (SSSR count). The van der Waals surface area contributed by atoms with E-state index in [4.69, 9.17) is 11.6 Å². The number of hydrogen-bond donors (Lipinski definition) is 1. The summed E-state index contributed by atoms with van der Waals surface area (Å²) in [6.45, 7) is 6.31. The number of halogens is 1. The molecule has 1 aromatic carbocycles. The van der Waals surface area contributed by atoms with Crippen molar-refractivity contribution in [2.24, 2.45) is 0 Å². The predicted octanol–water partition coefficient (Wildman–Crippen LogP) is 2.75. The molecule has 1 nitrogen and oxygen atoms in total. The zero-order chi connectivity index (χ0) is 10.7. The molecule has 14 heavy (non-hydrogen) atoms. The summed E-state index contributed by atoms with van der Waals surface area (Å²) in [4.78, 5) is 0. The molecule has 0 heterocycles. The highest BCUT2D eigenvalue weighted by Crippen LogP contribution is 2.18. The van der Waals surface area contributed by atoms with Crippen molar-refractivity contribution in [2.75, 3.05) is 5.88 Å². The van der Waals surface area contributed by atoms with Gasteiger partial charge < -0.3 is 5.11 Å². The fourth-order valence-corrected chi connectivity index (χ4v) is 1.65. The van der Waals surface area contributed by atoms with Gasteiger partial charge in [-0.2, -0.15) is 0 Å². The second-order valence-corrected chi connectivity index (χ2v) is 4.11. The van der Waals surface area contributed by atoms with Crippen molar-refractivity contribution in [3.8, 4) is 0 Å². The van der Waals surface area contributed by atoms with Gasteiger partial charge in [0, 0.05) is 5.88 Å². The van der Waals surface area contributed by atoms with Crippen molar-refractivity contribution in [3.63, 3.8) is 0 Å². The van der Waals surface area contributed by atoms with Crippen LogP contribution in [-0.4, -0.2) is 17.1 Å². The molecule has 1 N–H and O–H groups in total. The van der Waals surface area contributed by atoms with E-state index in [1.54, 1.807) is 0 Å². The lowest BCUT2D eigenvalue weighted by Crippen LogP contribution is -2.13. The summed E-state index contributed by atoms with van der Waals surface area (Å²) < 4.78 is 0. The Morgan fingerprint density at radius 2 is 1.86 bits per heavy atom. The number of aliphatic hydroxyl groups excluding tert-OH is 1. The van der Waals surface area contributed by atoms with Gasteiger partial charge in [0.25, 0.3) is 0 Å². The zero-order valence-corrected chi connectivity index (χ0v) is 9.73. The highest BCUT2D eigenvalue weighted by atomic mass is 35.5. The molecular weight excluding hydrogens is 196 g/mol. The van der Waals surface area contributed by atoms with E-state index < -0.39 is 6.10 Å². The van der Waals surface area contributed by atoms with Gasteiger partial charge in [0.1, 0.15) is 0 Å². The molecule has 0 fully saturated rings. The minimum absolute atomic E-state index is 0.298. The summed E-state index contributed by atoms with van der Waals surface area (Å²) in [5, 5.41) is 9.46. The smallest absolute Gasteiger partial charge is 0.0715 e. The fraction of sp³-hybridized carbons (Fsp3) is 0.500. The standard InChI is InChI=1S/C12H17ClO/c1-8-4-5-11(6-12(14)7-13)10(3)9(8)2/h4-5,12,14H,6-7H2,1-3H3. The van der Waals surface area contributed by atoms with E-state index in [2.05, 4.69) is 32.9 Å². The SMILES string of the molecule is Cc1ccc(CC(O)CCl)c(C)c1C. The summed E-state index contributed by atoms with van der Waals surface area (Å²) >= 11 is 5.58. The molecule has 78 valence electrons. The van der Waals surface area contributed by atoms with Crippen molar-refractivity contribution in [3.05, 3.63) is 34.4 Å². The maximum Gasteiger partial charge on any atom is 0.0715 e. The average molecular weight is 213 g/mol. The summed E-state index contributed by atoms with van der Waals surface area (Å²) in [6.07, 6.45) is 0.216. The minimum Gasteiger partial charge on any atom is -0.392 e. The van der Waals surface area contributed by atoms with Gasteiger partial charge >= 0.3 is 0 Å². The Labute approximate surface area is 90.7 Å². The minimum atomic E-state index is -0.433. The van der Waals surface area contributed by atoms with E-state index in [1.165, 1.54) is 22.3 Å². The van der Waals surface area contributed by atoms with Crippen LogP contribution in [-0.2, 0) is 6.42 Å². The lowest BCUT2D eigenvalue weighted by atomic mass is 9.96. The van der Waals surface area contributed by atoms with Gasteiger partial charge in [-0.05, 0) is 49.4 Å². The third-order valence-corrected chi connectivity index (χ3v) is 3.16. The Hall–Kier alpha value is -0.530. The molecule has 2 heteroatoms. The van der Waals surface area contributed by atoms with Crippen molar-refractivity contribution in [1.82, 2.24) is 0 Å². The normalized spacial score (nSPS) is 12.9. The molecule has 0 spiro atoms. The van der Waals surface area contributed by atoms with Crippen molar-refractivity contribution < 1.29 is 5.11 Å². The van der Waals surface area contributed by atoms with Crippen LogP contribution in [0.5, 0.6) is 0 Å². The van der Waals surface area contributed by atoms with E-state index in [0.29, 0.717) is 12.3 Å². The first-order valence-electron chi connectivity index (χ1n) is 4.86. The second kappa shape index (κ2) is 4.81. The summed E-state index contributed by atoms with van der Waals surface area (Å²) in [6, 6.07) is 4.17. The first-order valence-corrected chi connectivity index (χ1v) is 5.39. The monoisotopic (exact) mass is 212 g/mol. The number of aliphatic hydroxyl groups is 1. The zero-order valence-electron chi connectivity index (χ0n) is 8.97. The van der Waals surface area contributed by atoms with Gasteiger partial charge in [-0.3, -0.25) is 0 Å². The molecular formula is C12H17ClO. The van der Waals surface area contributed by atoms with Crippen LogP contribution < -0.4 is 0 Å². The van der Waals surface area contributed by atoms with Gasteiger partial charge in [0.15, 0.2) is 0 Å². The average Bonchev–Trinajstić information content (AvgIpc) is 2.19. The van der Waals surface area contributed by atoms with Crippen LogP contribution in [0.4, 0.5) is 0 Å². The summed E-state index contributed by atoms with van der Waals surface area (Å²) in [5.74, 6) is 0.298. The molecule has 1 unspecified atom stereocenters. The van der Waals surface area contributed by atoms with Crippen LogP contribution in [0.3, 0.4) is 0 Å². The second-order valence-electron chi connectivity index (χ2n) is 3.80. The van der Waals surface area contributed by atoms with E-state index >= 15 is 0 Å². The van der Waals surface area contributed by atoms with Crippen molar-refractivity contribution >= 4 is 11.6 Å². The van der Waals surface area contributed by atoms with Crippen LogP contribution in [0.15, 0.2) is 12.1 Å². The molecule has 0 aliphatic carbocycles. The molecule has 0 amide bonds. The first kappa shape index (κ1) is 11.5. The highest BCUT2D eigenvalue weighted by Gasteiger charge is 2.08. The largest absolute Gasteiger partial charge is 0.392 e. The van der Waals surface area contributed by atoms with Crippen molar-refractivity contribution in [2.45, 2.75) is 33.3 Å². The molecule has 0 bridgehead atoms. The fourth-order valence-electron chi connectivity index (χ4n) is 1.54.